The fourth-order valence-corrected chi connectivity index (χ4v) is 9.71. The summed E-state index contributed by atoms with van der Waals surface area (Å²) in [5, 5.41) is 14.0. The minimum Gasteiger partial charge on any atom is -0.480 e. The molecule has 19 heteroatoms. The molecule has 1 aliphatic carbocycles. The number of carbonyl (C=O) groups excluding carboxylic acids is 1. The van der Waals surface area contributed by atoms with Crippen molar-refractivity contribution in [2.24, 2.45) is 0 Å². The van der Waals surface area contributed by atoms with E-state index in [-0.39, 0.29) is 49.2 Å². The minimum absolute atomic E-state index is 0.0356. The third kappa shape index (κ3) is 7.69. The average Bonchev–Trinajstić information content (AvgIpc) is 3.73. The first kappa shape index (κ1) is 39.2. The molecule has 3 aromatic rings. The third-order valence-corrected chi connectivity index (χ3v) is 14.1. The fourth-order valence-electron chi connectivity index (χ4n) is 5.01. The number of rotatable bonds is 7. The van der Waals surface area contributed by atoms with Crippen LogP contribution >= 0.6 is 11.3 Å². The minimum atomic E-state index is -4.59. The summed E-state index contributed by atoms with van der Waals surface area (Å²) in [4.78, 5) is 27.8. The molecule has 2 aliphatic rings. The van der Waals surface area contributed by atoms with Gasteiger partial charge in [0.25, 0.3) is 0 Å². The van der Waals surface area contributed by atoms with Gasteiger partial charge in [0.1, 0.15) is 0 Å². The van der Waals surface area contributed by atoms with Crippen LogP contribution in [-0.4, -0.2) is 61.5 Å². The SMILES string of the molecule is CC(C)(C)c1csc(NC(=O)C2(S(=O)(=O)c3ccc(C(F)(F)F)cc3)CC2)n1.O=C(O)C1(S(=O)(=O)c2ccc(C(F)(F)F)cc2)CCOCC1. The second kappa shape index (κ2) is 13.5. The Labute approximate surface area is 287 Å². The molecule has 10 nitrogen and oxygen atoms in total. The number of ether oxygens (including phenoxy) is 1. The Balaban J connectivity index is 0.000000232. The van der Waals surface area contributed by atoms with Gasteiger partial charge in [0, 0.05) is 36.9 Å². The molecule has 5 rings (SSSR count). The lowest BCUT2D eigenvalue weighted by molar-refractivity contribution is -0.143. The van der Waals surface area contributed by atoms with Gasteiger partial charge in [-0.1, -0.05) is 20.8 Å². The highest BCUT2D eigenvalue weighted by molar-refractivity contribution is 7.94. The number of benzene rings is 2. The van der Waals surface area contributed by atoms with Crippen molar-refractivity contribution >= 4 is 48.0 Å². The number of alkyl halides is 6. The van der Waals surface area contributed by atoms with E-state index in [1.807, 2.05) is 20.8 Å². The van der Waals surface area contributed by atoms with Crippen LogP contribution in [0.15, 0.2) is 63.7 Å². The maximum atomic E-state index is 12.9. The quantitative estimate of drug-likeness (QED) is 0.256. The lowest BCUT2D eigenvalue weighted by atomic mass is 9.93. The molecule has 2 fully saturated rings. The number of carbonyl (C=O) groups is 2. The number of hydrogen-bond acceptors (Lipinski definition) is 9. The van der Waals surface area contributed by atoms with E-state index >= 15 is 0 Å². The van der Waals surface area contributed by atoms with E-state index in [9.17, 15) is 57.9 Å². The molecule has 274 valence electrons. The van der Waals surface area contributed by atoms with Crippen molar-refractivity contribution in [3.05, 3.63) is 70.7 Å². The van der Waals surface area contributed by atoms with Crippen LogP contribution in [0, 0.1) is 0 Å². The van der Waals surface area contributed by atoms with Crippen LogP contribution in [0.25, 0.3) is 0 Å². The number of carboxylic acid groups (broad SMARTS) is 1. The molecule has 1 saturated carbocycles. The second-order valence-corrected chi connectivity index (χ2v) is 18.1. The number of nitrogens with zero attached hydrogens (tertiary/aromatic N) is 1. The van der Waals surface area contributed by atoms with Crippen molar-refractivity contribution in [1.29, 1.82) is 0 Å². The highest BCUT2D eigenvalue weighted by atomic mass is 32.2. The number of aromatic nitrogens is 1. The fraction of sp³-hybridized carbons (Fsp3) is 0.452. The van der Waals surface area contributed by atoms with Gasteiger partial charge < -0.3 is 15.2 Å². The molecule has 0 unspecified atom stereocenters. The Kier molecular flexibility index (Phi) is 10.6. The molecule has 0 atom stereocenters. The van der Waals surface area contributed by atoms with E-state index in [0.29, 0.717) is 29.4 Å². The maximum Gasteiger partial charge on any atom is 0.416 e. The van der Waals surface area contributed by atoms with Crippen LogP contribution in [-0.2, 0) is 51.8 Å². The number of nitrogens with one attached hydrogen (secondary N) is 1. The Hall–Kier alpha value is -3.55. The number of halogens is 6. The van der Waals surface area contributed by atoms with Gasteiger partial charge in [0.05, 0.1) is 26.6 Å². The summed E-state index contributed by atoms with van der Waals surface area (Å²) in [6.07, 6.45) is -9.42. The summed E-state index contributed by atoms with van der Waals surface area (Å²) in [6.45, 7) is 5.82. The summed E-state index contributed by atoms with van der Waals surface area (Å²) in [5.74, 6) is -2.22. The molecule has 1 amide bonds. The summed E-state index contributed by atoms with van der Waals surface area (Å²) < 4.78 is 128. The van der Waals surface area contributed by atoms with Crippen molar-refractivity contribution in [2.75, 3.05) is 18.5 Å². The summed E-state index contributed by atoms with van der Waals surface area (Å²) >= 11 is 1.20. The van der Waals surface area contributed by atoms with Crippen molar-refractivity contribution < 1.29 is 62.6 Å². The highest BCUT2D eigenvalue weighted by Gasteiger charge is 2.61. The summed E-state index contributed by atoms with van der Waals surface area (Å²) in [5.41, 5.74) is -1.40. The van der Waals surface area contributed by atoms with E-state index < -0.39 is 69.4 Å². The van der Waals surface area contributed by atoms with E-state index in [1.165, 1.54) is 11.3 Å². The lowest BCUT2D eigenvalue weighted by Crippen LogP contribution is -2.50. The zero-order valence-corrected chi connectivity index (χ0v) is 29.1. The molecule has 50 heavy (non-hydrogen) atoms. The van der Waals surface area contributed by atoms with Crippen LogP contribution in [0.3, 0.4) is 0 Å². The zero-order valence-electron chi connectivity index (χ0n) is 26.7. The van der Waals surface area contributed by atoms with Gasteiger partial charge in [-0.05, 0) is 61.4 Å². The normalized spacial score (nSPS) is 17.6. The molecule has 1 aliphatic heterocycles. The monoisotopic (exact) mass is 770 g/mol. The van der Waals surface area contributed by atoms with Gasteiger partial charge in [-0.2, -0.15) is 26.3 Å². The standard InChI is InChI=1S/C18H19F3N2O3S2.C13H13F3O5S/c1-16(2,3)13-10-27-15(22-13)23-14(24)17(8-9-17)28(25,26)12-6-4-11(5-7-12)18(19,20)21;14-13(15,16)9-1-3-10(4-2-9)22(19,20)12(11(17)18)5-7-21-8-6-12/h4-7,10H,8-9H2,1-3H3,(H,22,23,24);1-4H,5-8H2,(H,17,18). The van der Waals surface area contributed by atoms with Crippen LogP contribution in [0.5, 0.6) is 0 Å². The van der Waals surface area contributed by atoms with Gasteiger partial charge in [0.2, 0.25) is 5.91 Å². The van der Waals surface area contributed by atoms with Crippen molar-refractivity contribution in [3.63, 3.8) is 0 Å². The number of aliphatic carboxylic acids is 1. The predicted octanol–water partition coefficient (Wildman–Crippen LogP) is 6.52. The Morgan fingerprint density at radius 2 is 1.18 bits per heavy atom. The van der Waals surface area contributed by atoms with Crippen LogP contribution in [0.2, 0.25) is 0 Å². The lowest BCUT2D eigenvalue weighted by Gasteiger charge is -2.32. The molecular formula is C31H32F6N2O8S3. The number of sulfone groups is 2. The predicted molar refractivity (Wildman–Crippen MR) is 169 cm³/mol. The second-order valence-electron chi connectivity index (χ2n) is 12.7. The van der Waals surface area contributed by atoms with Crippen molar-refractivity contribution in [2.45, 2.75) is 83.5 Å². The molecule has 2 aromatic carbocycles. The van der Waals surface area contributed by atoms with Crippen molar-refractivity contribution in [1.82, 2.24) is 4.98 Å². The zero-order chi connectivity index (χ0) is 37.6. The van der Waals surface area contributed by atoms with E-state index in [4.69, 9.17) is 4.74 Å². The first-order valence-corrected chi connectivity index (χ1v) is 18.7. The van der Waals surface area contributed by atoms with Gasteiger partial charge in [-0.3, -0.25) is 9.59 Å². The number of thiazole rings is 1. The molecule has 0 radical (unpaired) electrons. The largest absolute Gasteiger partial charge is 0.480 e. The number of amides is 1. The topological polar surface area (TPSA) is 157 Å². The van der Waals surface area contributed by atoms with Gasteiger partial charge >= 0.3 is 18.3 Å². The summed E-state index contributed by atoms with van der Waals surface area (Å²) in [7, 11) is -8.47. The van der Waals surface area contributed by atoms with Gasteiger partial charge in [-0.25, -0.2) is 21.8 Å². The van der Waals surface area contributed by atoms with Crippen LogP contribution < -0.4 is 5.32 Å². The van der Waals surface area contributed by atoms with E-state index in [1.54, 1.807) is 5.38 Å². The van der Waals surface area contributed by atoms with E-state index in [2.05, 4.69) is 10.3 Å². The molecule has 0 spiro atoms. The van der Waals surface area contributed by atoms with Crippen molar-refractivity contribution in [3.8, 4) is 0 Å². The number of anilines is 1. The Bertz CT molecular complexity index is 1940. The average molecular weight is 771 g/mol. The molecule has 1 aromatic heterocycles. The Morgan fingerprint density at radius 3 is 1.52 bits per heavy atom. The van der Waals surface area contributed by atoms with Gasteiger partial charge in [-0.15, -0.1) is 11.3 Å². The molecule has 2 N–H and O–H groups in total. The van der Waals surface area contributed by atoms with Gasteiger partial charge in [0.15, 0.2) is 34.3 Å². The first-order chi connectivity index (χ1) is 22.9. The van der Waals surface area contributed by atoms with Crippen LogP contribution in [0.1, 0.15) is 63.3 Å². The molecule has 2 heterocycles. The first-order valence-electron chi connectivity index (χ1n) is 14.8. The number of carboxylic acids is 1. The maximum absolute atomic E-state index is 12.9. The molecule has 0 bridgehead atoms. The molecular weight excluding hydrogens is 739 g/mol. The highest BCUT2D eigenvalue weighted by Crippen LogP contribution is 2.48. The van der Waals surface area contributed by atoms with Crippen LogP contribution in [0.4, 0.5) is 31.5 Å². The number of hydrogen-bond donors (Lipinski definition) is 2. The Morgan fingerprint density at radius 1 is 0.760 bits per heavy atom. The van der Waals surface area contributed by atoms with E-state index in [0.717, 1.165) is 30.0 Å². The third-order valence-electron chi connectivity index (χ3n) is 8.31. The smallest absolute Gasteiger partial charge is 0.416 e. The summed E-state index contributed by atoms with van der Waals surface area (Å²) in [6, 6.07) is 6.04. The molecule has 1 saturated heterocycles.